The molecule has 1 aliphatic heterocycles. The summed E-state index contributed by atoms with van der Waals surface area (Å²) in [5, 5.41) is 3.11. The van der Waals surface area contributed by atoms with Crippen LogP contribution < -0.4 is 20.5 Å². The molecule has 0 bridgehead atoms. The Kier molecular flexibility index (Phi) is 2.67. The fourth-order valence-corrected chi connectivity index (χ4v) is 1.96. The Hall–Kier alpha value is -2.50. The van der Waals surface area contributed by atoms with Crippen LogP contribution in [0.1, 0.15) is 5.56 Å². The minimum Gasteiger partial charge on any atom is -0.399 e. The third-order valence-corrected chi connectivity index (χ3v) is 2.94. The number of aryl methyl sites for hydroxylation is 1. The summed E-state index contributed by atoms with van der Waals surface area (Å²) in [6.07, 6.45) is -3.60. The molecule has 2 aromatic rings. The van der Waals surface area contributed by atoms with Crippen molar-refractivity contribution in [2.45, 2.75) is 13.2 Å². The summed E-state index contributed by atoms with van der Waals surface area (Å²) in [4.78, 5) is 0. The Labute approximate surface area is 114 Å². The molecule has 3 N–H and O–H groups in total. The number of fused-ring (bicyclic) bond motifs is 1. The summed E-state index contributed by atoms with van der Waals surface area (Å²) < 4.78 is 34.6. The van der Waals surface area contributed by atoms with Crippen molar-refractivity contribution in [2.75, 3.05) is 11.1 Å². The molecule has 2 aromatic carbocycles. The SMILES string of the molecule is Cc1ccc(N)cc1Nc1ccc2c(c1)OC(F)(F)O2. The molecule has 1 heterocycles. The summed E-state index contributed by atoms with van der Waals surface area (Å²) in [5.41, 5.74) is 8.74. The van der Waals surface area contributed by atoms with Crippen LogP contribution in [0.4, 0.5) is 25.8 Å². The van der Waals surface area contributed by atoms with Crippen molar-refractivity contribution in [1.82, 2.24) is 0 Å². The highest BCUT2D eigenvalue weighted by Crippen LogP contribution is 2.42. The van der Waals surface area contributed by atoms with Crippen LogP contribution in [0.2, 0.25) is 0 Å². The van der Waals surface area contributed by atoms with E-state index >= 15 is 0 Å². The lowest BCUT2D eigenvalue weighted by atomic mass is 10.1. The monoisotopic (exact) mass is 278 g/mol. The second kappa shape index (κ2) is 4.26. The van der Waals surface area contributed by atoms with Gasteiger partial charge in [0.25, 0.3) is 0 Å². The highest BCUT2D eigenvalue weighted by atomic mass is 19.3. The van der Waals surface area contributed by atoms with Crippen LogP contribution in [0.5, 0.6) is 11.5 Å². The predicted molar refractivity (Wildman–Crippen MR) is 71.5 cm³/mol. The molecule has 1 aliphatic rings. The van der Waals surface area contributed by atoms with Gasteiger partial charge in [-0.1, -0.05) is 6.07 Å². The van der Waals surface area contributed by atoms with E-state index in [1.165, 1.54) is 12.1 Å². The topological polar surface area (TPSA) is 56.5 Å². The lowest BCUT2D eigenvalue weighted by Gasteiger charge is -2.10. The quantitative estimate of drug-likeness (QED) is 0.823. The number of hydrogen-bond acceptors (Lipinski definition) is 4. The van der Waals surface area contributed by atoms with Crippen molar-refractivity contribution in [3.8, 4) is 11.5 Å². The molecule has 104 valence electrons. The van der Waals surface area contributed by atoms with Crippen LogP contribution in [-0.4, -0.2) is 6.29 Å². The number of alkyl halides is 2. The zero-order chi connectivity index (χ0) is 14.3. The van der Waals surface area contributed by atoms with Gasteiger partial charge in [0.2, 0.25) is 0 Å². The maximum atomic E-state index is 12.9. The van der Waals surface area contributed by atoms with Crippen molar-refractivity contribution in [2.24, 2.45) is 0 Å². The molecule has 6 heteroatoms. The van der Waals surface area contributed by atoms with Crippen molar-refractivity contribution in [3.63, 3.8) is 0 Å². The van der Waals surface area contributed by atoms with Crippen LogP contribution in [0.3, 0.4) is 0 Å². The number of ether oxygens (including phenoxy) is 2. The lowest BCUT2D eigenvalue weighted by molar-refractivity contribution is -0.286. The second-order valence-electron chi connectivity index (χ2n) is 4.53. The van der Waals surface area contributed by atoms with Crippen molar-refractivity contribution in [3.05, 3.63) is 42.0 Å². The summed E-state index contributed by atoms with van der Waals surface area (Å²) in [6.45, 7) is 1.92. The van der Waals surface area contributed by atoms with Crippen molar-refractivity contribution < 1.29 is 18.3 Å². The van der Waals surface area contributed by atoms with Gasteiger partial charge in [0.05, 0.1) is 0 Å². The number of rotatable bonds is 2. The number of nitrogens with two attached hydrogens (primary N) is 1. The Morgan fingerprint density at radius 3 is 2.60 bits per heavy atom. The van der Waals surface area contributed by atoms with E-state index in [0.29, 0.717) is 11.4 Å². The first-order valence-corrected chi connectivity index (χ1v) is 5.96. The fraction of sp³-hybridized carbons (Fsp3) is 0.143. The van der Waals surface area contributed by atoms with E-state index in [-0.39, 0.29) is 11.5 Å². The molecule has 0 aliphatic carbocycles. The molecule has 0 amide bonds. The summed E-state index contributed by atoms with van der Waals surface area (Å²) in [7, 11) is 0. The average Bonchev–Trinajstić information content (AvgIpc) is 2.67. The van der Waals surface area contributed by atoms with Crippen molar-refractivity contribution in [1.29, 1.82) is 0 Å². The third-order valence-electron chi connectivity index (χ3n) is 2.94. The Morgan fingerprint density at radius 1 is 1.05 bits per heavy atom. The van der Waals surface area contributed by atoms with Crippen LogP contribution in [0.15, 0.2) is 36.4 Å². The van der Waals surface area contributed by atoms with Crippen LogP contribution in [-0.2, 0) is 0 Å². The summed E-state index contributed by atoms with van der Waals surface area (Å²) in [5.74, 6) is 0.0198. The van der Waals surface area contributed by atoms with E-state index < -0.39 is 6.29 Å². The van der Waals surface area contributed by atoms with E-state index in [1.54, 1.807) is 18.2 Å². The molecule has 0 saturated carbocycles. The number of nitrogens with one attached hydrogen (secondary N) is 1. The highest BCUT2D eigenvalue weighted by Gasteiger charge is 2.43. The Morgan fingerprint density at radius 2 is 1.80 bits per heavy atom. The van der Waals surface area contributed by atoms with Crippen LogP contribution >= 0.6 is 0 Å². The van der Waals surface area contributed by atoms with Crippen LogP contribution in [0, 0.1) is 6.92 Å². The molecule has 0 spiro atoms. The number of nitrogen functional groups attached to an aromatic ring is 1. The molecule has 0 unspecified atom stereocenters. The van der Waals surface area contributed by atoms with E-state index in [1.807, 2.05) is 13.0 Å². The van der Waals surface area contributed by atoms with Gasteiger partial charge in [-0.25, -0.2) is 0 Å². The second-order valence-corrected chi connectivity index (χ2v) is 4.53. The zero-order valence-electron chi connectivity index (χ0n) is 10.6. The molecule has 3 rings (SSSR count). The van der Waals surface area contributed by atoms with Gasteiger partial charge in [-0.15, -0.1) is 8.78 Å². The van der Waals surface area contributed by atoms with Crippen LogP contribution in [0.25, 0.3) is 0 Å². The molecule has 0 fully saturated rings. The number of benzene rings is 2. The van der Waals surface area contributed by atoms with Gasteiger partial charge in [-0.3, -0.25) is 0 Å². The minimum atomic E-state index is -3.60. The number of hydrogen-bond donors (Lipinski definition) is 2. The van der Waals surface area contributed by atoms with E-state index in [4.69, 9.17) is 5.73 Å². The minimum absolute atomic E-state index is 0.00144. The van der Waals surface area contributed by atoms with Gasteiger partial charge < -0.3 is 20.5 Å². The molecule has 4 nitrogen and oxygen atoms in total. The maximum absolute atomic E-state index is 12.9. The van der Waals surface area contributed by atoms with E-state index in [2.05, 4.69) is 14.8 Å². The summed E-state index contributed by atoms with van der Waals surface area (Å²) in [6, 6.07) is 9.96. The summed E-state index contributed by atoms with van der Waals surface area (Å²) >= 11 is 0. The predicted octanol–water partition coefficient (Wildman–Crippen LogP) is 3.64. The average molecular weight is 278 g/mol. The highest BCUT2D eigenvalue weighted by molar-refractivity contribution is 5.69. The molecule has 20 heavy (non-hydrogen) atoms. The largest absolute Gasteiger partial charge is 0.586 e. The number of halogens is 2. The van der Waals surface area contributed by atoms with Gasteiger partial charge >= 0.3 is 6.29 Å². The number of anilines is 3. The van der Waals surface area contributed by atoms with Gasteiger partial charge in [-0.2, -0.15) is 0 Å². The smallest absolute Gasteiger partial charge is 0.399 e. The molecule has 0 aromatic heterocycles. The maximum Gasteiger partial charge on any atom is 0.586 e. The first-order chi connectivity index (χ1) is 9.43. The first-order valence-electron chi connectivity index (χ1n) is 5.96. The normalized spacial score (nSPS) is 15.2. The molecular formula is C14H12F2N2O2. The molecule has 0 radical (unpaired) electrons. The first kappa shape index (κ1) is 12.5. The van der Waals surface area contributed by atoms with Gasteiger partial charge in [0.15, 0.2) is 11.5 Å². The molecule has 0 atom stereocenters. The molecular weight excluding hydrogens is 266 g/mol. The zero-order valence-corrected chi connectivity index (χ0v) is 10.6. The molecule has 0 saturated heterocycles. The fourth-order valence-electron chi connectivity index (χ4n) is 1.96. The van der Waals surface area contributed by atoms with Gasteiger partial charge in [0, 0.05) is 23.1 Å². The Balaban J connectivity index is 1.88. The van der Waals surface area contributed by atoms with E-state index in [0.717, 1.165) is 11.3 Å². The van der Waals surface area contributed by atoms with Gasteiger partial charge in [-0.05, 0) is 36.8 Å². The lowest BCUT2D eigenvalue weighted by Crippen LogP contribution is -2.25. The van der Waals surface area contributed by atoms with E-state index in [9.17, 15) is 8.78 Å². The van der Waals surface area contributed by atoms with Gasteiger partial charge in [0.1, 0.15) is 0 Å². The third kappa shape index (κ3) is 2.32. The van der Waals surface area contributed by atoms with Crippen molar-refractivity contribution >= 4 is 17.1 Å². The Bertz CT molecular complexity index is 674. The standard InChI is InChI=1S/C14H12F2N2O2/c1-8-2-3-9(17)6-11(8)18-10-4-5-12-13(7-10)20-14(15,16)19-12/h2-7,18H,17H2,1H3.